The van der Waals surface area contributed by atoms with E-state index in [-0.39, 0.29) is 11.7 Å². The molecule has 0 bridgehead atoms. The summed E-state index contributed by atoms with van der Waals surface area (Å²) >= 11 is 0. The Hall–Kier alpha value is -1.06. The summed E-state index contributed by atoms with van der Waals surface area (Å²) in [6.07, 6.45) is 0.407. The van der Waals surface area contributed by atoms with Gasteiger partial charge in [0.15, 0.2) is 0 Å². The number of carbonyl (C=O) groups excluding carboxylic acids is 1. The van der Waals surface area contributed by atoms with Gasteiger partial charge in [-0.25, -0.2) is 0 Å². The van der Waals surface area contributed by atoms with Crippen LogP contribution in [-0.4, -0.2) is 18.0 Å². The van der Waals surface area contributed by atoms with Crippen LogP contribution >= 0.6 is 0 Å². The summed E-state index contributed by atoms with van der Waals surface area (Å²) in [5.74, 6) is 0.286. The van der Waals surface area contributed by atoms with E-state index in [2.05, 4.69) is 15.4 Å². The lowest BCUT2D eigenvalue weighted by atomic mass is 10.0. The Morgan fingerprint density at radius 2 is 2.36 bits per heavy atom. The monoisotopic (exact) mass is 153 g/mol. The smallest absolute Gasteiger partial charge is 0.141 e. The molecule has 0 radical (unpaired) electrons. The maximum absolute atomic E-state index is 11.1. The summed E-state index contributed by atoms with van der Waals surface area (Å²) < 4.78 is 0. The first-order chi connectivity index (χ1) is 5.20. The topological polar surface area (TPSA) is 54.1 Å². The summed E-state index contributed by atoms with van der Waals surface area (Å²) in [5, 5.41) is 10.8. The van der Waals surface area contributed by atoms with Crippen molar-refractivity contribution in [3.8, 4) is 0 Å². The molecule has 0 unspecified atom stereocenters. The highest BCUT2D eigenvalue weighted by molar-refractivity contribution is 6.03. The van der Waals surface area contributed by atoms with Gasteiger partial charge in [0, 0.05) is 12.3 Å². The van der Waals surface area contributed by atoms with E-state index < -0.39 is 0 Å². The molecule has 0 saturated heterocycles. The van der Waals surface area contributed by atoms with E-state index in [0.717, 1.165) is 5.71 Å². The van der Waals surface area contributed by atoms with Crippen molar-refractivity contribution < 1.29 is 4.79 Å². The maximum Gasteiger partial charge on any atom is 0.141 e. The predicted octanol–water partition coefficient (Wildman–Crippen LogP) is 1.42. The summed E-state index contributed by atoms with van der Waals surface area (Å²) in [4.78, 5) is 11.1. The maximum atomic E-state index is 11.1. The highest BCUT2D eigenvalue weighted by atomic mass is 16.1. The molecule has 0 fully saturated rings. The Bertz CT molecular complexity index is 218. The second kappa shape index (κ2) is 3.37. The van der Waals surface area contributed by atoms with E-state index in [4.69, 9.17) is 0 Å². The summed E-state index contributed by atoms with van der Waals surface area (Å²) in [6.45, 7) is 4.26. The van der Waals surface area contributed by atoms with Gasteiger partial charge in [-0.1, -0.05) is 13.8 Å². The fraction of sp³-hybridized carbons (Fsp3) is 0.714. The molecule has 60 valence electrons. The molecule has 1 rings (SSSR count). The number of hydrogen-bond donors (Lipinski definition) is 0. The van der Waals surface area contributed by atoms with Gasteiger partial charge in [-0.2, -0.15) is 5.11 Å². The molecular weight excluding hydrogens is 142 g/mol. The number of carbonyl (C=O) groups is 1. The van der Waals surface area contributed by atoms with Crippen molar-refractivity contribution in [1.82, 2.24) is 0 Å². The molecule has 1 heterocycles. The molecule has 0 saturated carbocycles. The van der Waals surface area contributed by atoms with Crippen LogP contribution in [0.25, 0.3) is 0 Å². The predicted molar refractivity (Wildman–Crippen MR) is 41.6 cm³/mol. The van der Waals surface area contributed by atoms with Crippen molar-refractivity contribution in [2.45, 2.75) is 20.3 Å². The van der Waals surface area contributed by atoms with Crippen molar-refractivity contribution in [2.75, 3.05) is 6.54 Å². The molecule has 0 aliphatic carbocycles. The number of hydrogen-bond acceptors (Lipinski definition) is 4. The first kappa shape index (κ1) is 8.04. The third-order valence-electron chi connectivity index (χ3n) is 1.52. The average Bonchev–Trinajstić information content (AvgIpc) is 2.39. The van der Waals surface area contributed by atoms with Crippen LogP contribution in [0.2, 0.25) is 0 Å². The Morgan fingerprint density at radius 3 is 2.82 bits per heavy atom. The van der Waals surface area contributed by atoms with E-state index in [9.17, 15) is 4.79 Å². The van der Waals surface area contributed by atoms with Gasteiger partial charge < -0.3 is 0 Å². The quantitative estimate of drug-likeness (QED) is 0.605. The fourth-order valence-electron chi connectivity index (χ4n) is 0.736. The highest BCUT2D eigenvalue weighted by Crippen LogP contribution is 2.04. The van der Waals surface area contributed by atoms with E-state index in [1.807, 2.05) is 13.8 Å². The third-order valence-corrected chi connectivity index (χ3v) is 1.52. The number of rotatable bonds is 3. The molecular formula is C7H11N3O. The van der Waals surface area contributed by atoms with Crippen molar-refractivity contribution >= 4 is 11.5 Å². The van der Waals surface area contributed by atoms with Gasteiger partial charge in [0.05, 0.1) is 5.71 Å². The number of ketones is 1. The molecule has 11 heavy (non-hydrogen) atoms. The van der Waals surface area contributed by atoms with Gasteiger partial charge in [0.25, 0.3) is 0 Å². The zero-order chi connectivity index (χ0) is 8.27. The van der Waals surface area contributed by atoms with E-state index >= 15 is 0 Å². The van der Waals surface area contributed by atoms with Crippen LogP contribution in [0.1, 0.15) is 20.3 Å². The minimum Gasteiger partial charge on any atom is -0.299 e. The Kier molecular flexibility index (Phi) is 2.46. The zero-order valence-corrected chi connectivity index (χ0v) is 6.74. The van der Waals surface area contributed by atoms with Crippen LogP contribution in [0.3, 0.4) is 0 Å². The summed E-state index contributed by atoms with van der Waals surface area (Å²) in [5.41, 5.74) is 0.781. The highest BCUT2D eigenvalue weighted by Gasteiger charge is 2.12. The van der Waals surface area contributed by atoms with Crippen LogP contribution in [0.4, 0.5) is 0 Å². The van der Waals surface area contributed by atoms with Crippen LogP contribution in [0.5, 0.6) is 0 Å². The van der Waals surface area contributed by atoms with Gasteiger partial charge in [-0.3, -0.25) is 4.79 Å². The van der Waals surface area contributed by atoms with Gasteiger partial charge >= 0.3 is 0 Å². The molecule has 0 N–H and O–H groups in total. The van der Waals surface area contributed by atoms with Crippen molar-refractivity contribution in [3.63, 3.8) is 0 Å². The van der Waals surface area contributed by atoms with Gasteiger partial charge in [-0.15, -0.1) is 5.10 Å². The van der Waals surface area contributed by atoms with Gasteiger partial charge in [-0.05, 0) is 5.22 Å². The molecule has 0 aromatic carbocycles. The third kappa shape index (κ3) is 2.22. The molecule has 0 aromatic rings. The van der Waals surface area contributed by atoms with E-state index in [1.165, 1.54) is 0 Å². The SMILES string of the molecule is CC(C)C(=O)CC1=NN=NC1. The number of nitrogens with zero attached hydrogens (tertiary/aromatic N) is 3. The Labute approximate surface area is 65.4 Å². The second-order valence-corrected chi connectivity index (χ2v) is 2.85. The lowest BCUT2D eigenvalue weighted by molar-refractivity contribution is -0.120. The molecule has 0 atom stereocenters. The molecule has 4 nitrogen and oxygen atoms in total. The van der Waals surface area contributed by atoms with E-state index in [1.54, 1.807) is 0 Å². The van der Waals surface area contributed by atoms with Crippen LogP contribution in [0.15, 0.2) is 15.4 Å². The van der Waals surface area contributed by atoms with E-state index in [0.29, 0.717) is 13.0 Å². The van der Waals surface area contributed by atoms with Crippen molar-refractivity contribution in [3.05, 3.63) is 0 Å². The van der Waals surface area contributed by atoms with Crippen LogP contribution < -0.4 is 0 Å². The minimum absolute atomic E-state index is 0.0818. The Balaban J connectivity index is 2.37. The standard InChI is InChI=1S/C7H11N3O/c1-5(2)7(11)3-6-4-8-10-9-6/h5H,3-4H2,1-2H3. The average molecular weight is 153 g/mol. The summed E-state index contributed by atoms with van der Waals surface area (Å²) in [6, 6.07) is 0. The van der Waals surface area contributed by atoms with Gasteiger partial charge in [0.2, 0.25) is 0 Å². The normalized spacial score (nSPS) is 15.7. The zero-order valence-electron chi connectivity index (χ0n) is 6.74. The summed E-state index contributed by atoms with van der Waals surface area (Å²) in [7, 11) is 0. The first-order valence-electron chi connectivity index (χ1n) is 3.65. The molecule has 0 spiro atoms. The largest absolute Gasteiger partial charge is 0.299 e. The van der Waals surface area contributed by atoms with Crippen molar-refractivity contribution in [2.24, 2.45) is 21.4 Å². The molecule has 4 heteroatoms. The van der Waals surface area contributed by atoms with Crippen LogP contribution in [-0.2, 0) is 4.79 Å². The fourth-order valence-corrected chi connectivity index (χ4v) is 0.736. The minimum atomic E-state index is 0.0818. The molecule has 0 amide bonds. The molecule has 1 aliphatic heterocycles. The van der Waals surface area contributed by atoms with Crippen LogP contribution in [0, 0.1) is 5.92 Å². The molecule has 0 aromatic heterocycles. The Morgan fingerprint density at radius 1 is 1.64 bits per heavy atom. The van der Waals surface area contributed by atoms with Gasteiger partial charge in [0.1, 0.15) is 12.3 Å². The lowest BCUT2D eigenvalue weighted by Crippen LogP contribution is -2.13. The number of Topliss-reactive ketones (excluding diaryl/α,β-unsaturated/α-hetero) is 1. The molecule has 1 aliphatic rings. The van der Waals surface area contributed by atoms with Crippen molar-refractivity contribution in [1.29, 1.82) is 0 Å². The lowest BCUT2D eigenvalue weighted by Gasteiger charge is -2.00. The second-order valence-electron chi connectivity index (χ2n) is 2.85. The first-order valence-corrected chi connectivity index (χ1v) is 3.65.